The molecular weight excluding hydrogens is 313 g/mol. The van der Waals surface area contributed by atoms with Gasteiger partial charge in [0.15, 0.2) is 0 Å². The minimum absolute atomic E-state index is 0.0643. The SMILES string of the molecule is COc1ccc(CC(O)c2ncccc2F)cc1Br. The molecule has 5 heteroatoms. The Morgan fingerprint density at radius 2 is 2.21 bits per heavy atom. The Bertz CT molecular complexity index is 577. The second kappa shape index (κ2) is 6.12. The molecule has 1 heterocycles. The third kappa shape index (κ3) is 3.30. The highest BCUT2D eigenvalue weighted by atomic mass is 79.9. The monoisotopic (exact) mass is 325 g/mol. The second-order valence-corrected chi connectivity index (χ2v) is 4.91. The van der Waals surface area contributed by atoms with Gasteiger partial charge in [-0.1, -0.05) is 6.07 Å². The fraction of sp³-hybridized carbons (Fsp3) is 0.214. The summed E-state index contributed by atoms with van der Waals surface area (Å²) in [7, 11) is 1.58. The fourth-order valence-electron chi connectivity index (χ4n) is 1.80. The number of hydrogen-bond donors (Lipinski definition) is 1. The van der Waals surface area contributed by atoms with Gasteiger partial charge in [-0.25, -0.2) is 4.39 Å². The molecule has 0 bridgehead atoms. The first-order chi connectivity index (χ1) is 9.11. The molecule has 2 rings (SSSR count). The Hall–Kier alpha value is -1.46. The Balaban J connectivity index is 2.17. The van der Waals surface area contributed by atoms with Gasteiger partial charge < -0.3 is 9.84 Å². The summed E-state index contributed by atoms with van der Waals surface area (Å²) in [5.41, 5.74) is 0.930. The highest BCUT2D eigenvalue weighted by Gasteiger charge is 2.15. The molecule has 0 saturated carbocycles. The number of pyridine rings is 1. The van der Waals surface area contributed by atoms with E-state index < -0.39 is 11.9 Å². The molecular formula is C14H13BrFNO2. The molecule has 1 aromatic carbocycles. The molecule has 1 atom stereocenters. The van der Waals surface area contributed by atoms with Crippen molar-refractivity contribution in [1.82, 2.24) is 4.98 Å². The summed E-state index contributed by atoms with van der Waals surface area (Å²) in [5.74, 6) is 0.213. The molecule has 0 amide bonds. The molecule has 0 radical (unpaired) electrons. The Morgan fingerprint density at radius 3 is 2.84 bits per heavy atom. The summed E-state index contributed by atoms with van der Waals surface area (Å²) in [5, 5.41) is 10.0. The molecule has 0 saturated heterocycles. The van der Waals surface area contributed by atoms with Crippen LogP contribution in [0.2, 0.25) is 0 Å². The molecule has 100 valence electrons. The number of aliphatic hydroxyl groups excluding tert-OH is 1. The number of nitrogens with zero attached hydrogens (tertiary/aromatic N) is 1. The first-order valence-corrected chi connectivity index (χ1v) is 6.52. The summed E-state index contributed by atoms with van der Waals surface area (Å²) in [4.78, 5) is 3.87. The normalized spacial score (nSPS) is 12.2. The molecule has 0 fully saturated rings. The quantitative estimate of drug-likeness (QED) is 0.938. The highest BCUT2D eigenvalue weighted by molar-refractivity contribution is 9.10. The molecule has 1 aromatic heterocycles. The number of aromatic nitrogens is 1. The van der Waals surface area contributed by atoms with Crippen LogP contribution in [0.4, 0.5) is 4.39 Å². The van der Waals surface area contributed by atoms with Crippen molar-refractivity contribution in [3.8, 4) is 5.75 Å². The zero-order valence-electron chi connectivity index (χ0n) is 10.3. The molecule has 0 spiro atoms. The van der Waals surface area contributed by atoms with Crippen LogP contribution in [0.15, 0.2) is 41.0 Å². The van der Waals surface area contributed by atoms with Crippen molar-refractivity contribution in [2.75, 3.05) is 7.11 Å². The first kappa shape index (κ1) is 14.0. The summed E-state index contributed by atoms with van der Waals surface area (Å²) < 4.78 is 19.4. The van der Waals surface area contributed by atoms with Crippen LogP contribution >= 0.6 is 15.9 Å². The number of ether oxygens (including phenoxy) is 1. The number of methoxy groups -OCH3 is 1. The van der Waals surface area contributed by atoms with E-state index >= 15 is 0 Å². The maximum absolute atomic E-state index is 13.5. The van der Waals surface area contributed by atoms with Gasteiger partial charge in [0, 0.05) is 12.6 Å². The van der Waals surface area contributed by atoms with Gasteiger partial charge in [-0.2, -0.15) is 0 Å². The lowest BCUT2D eigenvalue weighted by molar-refractivity contribution is 0.168. The van der Waals surface area contributed by atoms with Crippen LogP contribution < -0.4 is 4.74 Å². The first-order valence-electron chi connectivity index (χ1n) is 5.72. The Labute approximate surface area is 119 Å². The zero-order valence-corrected chi connectivity index (χ0v) is 11.9. The third-order valence-corrected chi connectivity index (χ3v) is 3.37. The van der Waals surface area contributed by atoms with Gasteiger partial charge in [0.2, 0.25) is 0 Å². The van der Waals surface area contributed by atoms with E-state index in [1.54, 1.807) is 13.2 Å². The summed E-state index contributed by atoms with van der Waals surface area (Å²) in [6.45, 7) is 0. The van der Waals surface area contributed by atoms with Crippen LogP contribution in [0.1, 0.15) is 17.4 Å². The summed E-state index contributed by atoms with van der Waals surface area (Å²) in [6, 6.07) is 8.24. The largest absolute Gasteiger partial charge is 0.496 e. The second-order valence-electron chi connectivity index (χ2n) is 4.06. The number of aliphatic hydroxyl groups is 1. The van der Waals surface area contributed by atoms with E-state index in [-0.39, 0.29) is 12.1 Å². The topological polar surface area (TPSA) is 42.4 Å². The lowest BCUT2D eigenvalue weighted by Gasteiger charge is -2.12. The molecule has 0 aliphatic rings. The average Bonchev–Trinajstić information content (AvgIpc) is 2.39. The van der Waals surface area contributed by atoms with E-state index in [1.165, 1.54) is 18.3 Å². The van der Waals surface area contributed by atoms with Crippen molar-refractivity contribution < 1.29 is 14.2 Å². The zero-order chi connectivity index (χ0) is 13.8. The molecule has 1 unspecified atom stereocenters. The van der Waals surface area contributed by atoms with E-state index in [9.17, 15) is 9.50 Å². The van der Waals surface area contributed by atoms with E-state index in [1.807, 2.05) is 12.1 Å². The highest BCUT2D eigenvalue weighted by Crippen LogP contribution is 2.27. The number of hydrogen-bond acceptors (Lipinski definition) is 3. The summed E-state index contributed by atoms with van der Waals surface area (Å²) in [6.07, 6.45) is 0.781. The van der Waals surface area contributed by atoms with E-state index in [0.717, 1.165) is 10.0 Å². The number of halogens is 2. The van der Waals surface area contributed by atoms with Gasteiger partial charge in [0.05, 0.1) is 11.6 Å². The van der Waals surface area contributed by atoms with Gasteiger partial charge in [0.1, 0.15) is 23.4 Å². The van der Waals surface area contributed by atoms with E-state index in [0.29, 0.717) is 5.75 Å². The van der Waals surface area contributed by atoms with Gasteiger partial charge >= 0.3 is 0 Å². The van der Waals surface area contributed by atoms with Gasteiger partial charge in [-0.05, 0) is 45.8 Å². The van der Waals surface area contributed by atoms with Crippen molar-refractivity contribution in [3.63, 3.8) is 0 Å². The van der Waals surface area contributed by atoms with Crippen molar-refractivity contribution in [2.24, 2.45) is 0 Å². The molecule has 0 aliphatic heterocycles. The number of benzene rings is 1. The molecule has 2 aromatic rings. The van der Waals surface area contributed by atoms with Gasteiger partial charge in [-0.3, -0.25) is 4.98 Å². The van der Waals surface area contributed by atoms with Crippen LogP contribution in [0.3, 0.4) is 0 Å². The van der Waals surface area contributed by atoms with Crippen LogP contribution in [0.25, 0.3) is 0 Å². The van der Waals surface area contributed by atoms with E-state index in [4.69, 9.17) is 4.74 Å². The minimum atomic E-state index is -0.971. The molecule has 3 nitrogen and oxygen atoms in total. The smallest absolute Gasteiger partial charge is 0.147 e. The van der Waals surface area contributed by atoms with Crippen LogP contribution in [0, 0.1) is 5.82 Å². The van der Waals surface area contributed by atoms with Crippen molar-refractivity contribution in [3.05, 3.63) is 58.1 Å². The standard InChI is InChI=1S/C14H13BrFNO2/c1-19-13-5-4-9(7-10(13)15)8-12(18)14-11(16)3-2-6-17-14/h2-7,12,18H,8H2,1H3. The average molecular weight is 326 g/mol. The van der Waals surface area contributed by atoms with Crippen molar-refractivity contribution in [2.45, 2.75) is 12.5 Å². The Kier molecular flexibility index (Phi) is 4.50. The van der Waals surface area contributed by atoms with Crippen LogP contribution in [-0.4, -0.2) is 17.2 Å². The predicted octanol–water partition coefficient (Wildman–Crippen LogP) is 3.27. The minimum Gasteiger partial charge on any atom is -0.496 e. The molecule has 1 N–H and O–H groups in total. The van der Waals surface area contributed by atoms with E-state index in [2.05, 4.69) is 20.9 Å². The van der Waals surface area contributed by atoms with Crippen LogP contribution in [-0.2, 0) is 6.42 Å². The predicted molar refractivity (Wildman–Crippen MR) is 73.6 cm³/mol. The maximum Gasteiger partial charge on any atom is 0.147 e. The fourth-order valence-corrected chi connectivity index (χ4v) is 2.39. The van der Waals surface area contributed by atoms with Crippen molar-refractivity contribution in [1.29, 1.82) is 0 Å². The third-order valence-electron chi connectivity index (χ3n) is 2.75. The maximum atomic E-state index is 13.5. The summed E-state index contributed by atoms with van der Waals surface area (Å²) >= 11 is 3.37. The van der Waals surface area contributed by atoms with Crippen molar-refractivity contribution >= 4 is 15.9 Å². The van der Waals surface area contributed by atoms with Crippen LogP contribution in [0.5, 0.6) is 5.75 Å². The lowest BCUT2D eigenvalue weighted by Crippen LogP contribution is -2.06. The number of rotatable bonds is 4. The molecule has 0 aliphatic carbocycles. The molecule has 19 heavy (non-hydrogen) atoms. The lowest BCUT2D eigenvalue weighted by atomic mass is 10.0. The van der Waals surface area contributed by atoms with Gasteiger partial charge in [-0.15, -0.1) is 0 Å². The Morgan fingerprint density at radius 1 is 1.42 bits per heavy atom. The van der Waals surface area contributed by atoms with Gasteiger partial charge in [0.25, 0.3) is 0 Å².